The molecule has 11 N–H and O–H groups in total. The van der Waals surface area contributed by atoms with Gasteiger partial charge in [0.05, 0.1) is 81.1 Å². The van der Waals surface area contributed by atoms with Crippen LogP contribution in [0.5, 0.6) is 34.5 Å². The van der Waals surface area contributed by atoms with Gasteiger partial charge in [-0.25, -0.2) is 79.0 Å². The van der Waals surface area contributed by atoms with Crippen LogP contribution in [0.1, 0.15) is 294 Å². The van der Waals surface area contributed by atoms with Gasteiger partial charge in [0.1, 0.15) is 106 Å². The highest BCUT2D eigenvalue weighted by Crippen LogP contribution is 2.44. The van der Waals surface area contributed by atoms with Gasteiger partial charge in [-0.1, -0.05) is 68.9 Å². The maximum atomic E-state index is 13.3. The number of halogens is 5. The molecular weight excluding hydrogens is 2070 g/mol. The van der Waals surface area contributed by atoms with E-state index in [0.29, 0.717) is 80.5 Å². The molecule has 4 fully saturated rings. The Hall–Kier alpha value is -13.2. The number of fused-ring (bicyclic) bond motifs is 6. The Bertz CT molecular complexity index is 5990. The fraction of sp³-hybridized carbons (Fsp3) is 0.531. The summed E-state index contributed by atoms with van der Waals surface area (Å²) in [4.78, 5) is 173. The van der Waals surface area contributed by atoms with E-state index in [1.54, 1.807) is 93.8 Å². The van der Waals surface area contributed by atoms with E-state index in [0.717, 1.165) is 101 Å². The topological polar surface area (TPSA) is 582 Å². The van der Waals surface area contributed by atoms with E-state index < -0.39 is 69.5 Å². The zero-order valence-electron chi connectivity index (χ0n) is 85.2. The molecule has 810 valence electrons. The molecule has 0 bridgehead atoms. The lowest BCUT2D eigenvalue weighted by Gasteiger charge is -2.35. The molecule has 7 aliphatic rings. The van der Waals surface area contributed by atoms with Gasteiger partial charge >= 0.3 is 24.4 Å². The molecule has 9 aromatic rings. The molecular formula is C98H137BrCl4N24O21. The zero-order chi connectivity index (χ0) is 107. The van der Waals surface area contributed by atoms with E-state index in [2.05, 4.69) is 102 Å². The number of rotatable bonds is 14. The second-order valence-electron chi connectivity index (χ2n) is 39.1. The summed E-state index contributed by atoms with van der Waals surface area (Å²) in [7, 11) is 0. The van der Waals surface area contributed by atoms with Crippen molar-refractivity contribution in [1.82, 2.24) is 89.5 Å². The quantitative estimate of drug-likeness (QED) is 0.0457. The van der Waals surface area contributed by atoms with Crippen molar-refractivity contribution < 1.29 is 86.4 Å². The number of ether oxygens (including phenoxy) is 9. The maximum absolute atomic E-state index is 13.3. The molecule has 4 aliphatic heterocycles. The van der Waals surface area contributed by atoms with Gasteiger partial charge in [0.2, 0.25) is 0 Å². The van der Waals surface area contributed by atoms with Crippen molar-refractivity contribution in [2.45, 2.75) is 326 Å². The molecule has 148 heavy (non-hydrogen) atoms. The van der Waals surface area contributed by atoms with Gasteiger partial charge in [-0.2, -0.15) is 9.80 Å². The Balaban J connectivity index is 0.000000267. The van der Waals surface area contributed by atoms with Crippen LogP contribution in [0.25, 0.3) is 0 Å². The van der Waals surface area contributed by atoms with Gasteiger partial charge < -0.3 is 90.9 Å². The number of imide groups is 2. The predicted molar refractivity (Wildman–Crippen MR) is 565 cm³/mol. The minimum absolute atomic E-state index is 0. The lowest BCUT2D eigenvalue weighted by Crippen LogP contribution is -2.48. The highest BCUT2D eigenvalue weighted by Gasteiger charge is 2.50. The number of hydrogen-bond donors (Lipinski definition) is 9. The highest BCUT2D eigenvalue weighted by atomic mass is 79.9. The van der Waals surface area contributed by atoms with E-state index in [1.807, 2.05) is 55.4 Å². The summed E-state index contributed by atoms with van der Waals surface area (Å²) in [5.41, 5.74) is 5.79. The molecule has 9 aromatic heterocycles. The first-order valence-corrected chi connectivity index (χ1v) is 49.0. The number of pyridine rings is 3. The third-order valence-electron chi connectivity index (χ3n) is 21.1. The Morgan fingerprint density at radius 1 is 0.405 bits per heavy atom. The van der Waals surface area contributed by atoms with Gasteiger partial charge in [-0.05, 0) is 262 Å². The number of carbonyl (C=O) groups is 7. The van der Waals surface area contributed by atoms with Crippen LogP contribution in [0.4, 0.5) is 65.5 Å². The molecule has 3 saturated carbocycles. The van der Waals surface area contributed by atoms with E-state index >= 15 is 0 Å². The Morgan fingerprint density at radius 2 is 0.689 bits per heavy atom. The molecule has 0 aromatic carbocycles. The number of aromatic hydroxyl groups is 2. The molecule has 45 nitrogen and oxygen atoms in total. The van der Waals surface area contributed by atoms with E-state index in [-0.39, 0.29) is 148 Å². The van der Waals surface area contributed by atoms with Crippen LogP contribution in [0.3, 0.4) is 0 Å². The maximum Gasteiger partial charge on any atom is 0.425 e. The van der Waals surface area contributed by atoms with Crippen molar-refractivity contribution in [1.29, 1.82) is 0 Å². The summed E-state index contributed by atoms with van der Waals surface area (Å²) < 4.78 is 53.2. The second-order valence-corrected chi connectivity index (χ2v) is 41.1. The Labute approximate surface area is 888 Å². The fourth-order valence-corrected chi connectivity index (χ4v) is 16.9. The number of nitrogens with zero attached hydrogens (tertiary/aromatic N) is 17. The third-order valence-corrected chi connectivity index (χ3v) is 22.5. The van der Waals surface area contributed by atoms with Crippen LogP contribution in [0.15, 0.2) is 112 Å². The molecule has 7 amide bonds. The average molecular weight is 2210 g/mol. The number of anilines is 8. The van der Waals surface area contributed by atoms with Crippen molar-refractivity contribution in [2.75, 3.05) is 45.1 Å². The van der Waals surface area contributed by atoms with Crippen molar-refractivity contribution in [3.63, 3.8) is 0 Å². The number of amides is 7. The standard InChI is InChI=1S/2C19H22ClN5O3.C17H27N3O5.C14H21N3O5.C12H12BrClN2O2.C7H11N3O.C4H5N3O.C4H8O.2CH4.ClH/c2*1-11(2)28-14-9-21-10-22-16(14)23-13-8-12(20)15-17(26)24-19(25(15)18(13)27)6-4-3-5-7-19;1-11(2)23-12-9-18-10-19-13(12)20(14(21)24-16(3,4)5)15(22)25-17(6,7)8;1-13(2,3)21-11(19)17(12(20)22-14(4,5)6)10-9(18)7-15-8-16-10;13-7-6-8(14)9-10(17)15-12(16(9)11(7)18)4-2-1-3-5-12;1-5(2)11-6-3-9-4-10-7(6)8;5-4-3(8)1-6-2-7-4;1-2-4-5-3-1;;;/h2*8-11H,3-7H2,1-2H3,(H,24,26)(H,21,22,23);9-11H,1-8H3;7-8,18H,1-6H3;6H,1-5H2,(H,15,17);3-5H,1-2H3,(H2,8,9,10);1-2,8H,(H2,5,6,7);1-4H2;2*1H4;1H. The van der Waals surface area contributed by atoms with Gasteiger partial charge in [-0.3, -0.25) is 42.5 Å². The number of carbonyl (C=O) groups excluding carboxylic acids is 7. The summed E-state index contributed by atoms with van der Waals surface area (Å²) in [6.45, 7) is 37.1. The smallest absolute Gasteiger partial charge is 0.425 e. The summed E-state index contributed by atoms with van der Waals surface area (Å²) in [5.74, 6) is 1.09. The van der Waals surface area contributed by atoms with Crippen molar-refractivity contribution >= 4 is 152 Å². The molecule has 1 saturated heterocycles. The first-order chi connectivity index (χ1) is 68.1. The third kappa shape index (κ3) is 33.9. The van der Waals surface area contributed by atoms with Crippen LogP contribution < -0.4 is 83.5 Å². The van der Waals surface area contributed by atoms with Crippen LogP contribution in [0.2, 0.25) is 15.1 Å². The Kier molecular flexibility index (Phi) is 45.2. The number of aromatic nitrogens is 15. The molecule has 0 atom stereocenters. The molecule has 16 rings (SSSR count). The molecule has 13 heterocycles. The van der Waals surface area contributed by atoms with E-state index in [4.69, 9.17) is 94.0 Å². The number of hydrogen-bond acceptors (Lipinski definition) is 37. The van der Waals surface area contributed by atoms with Crippen molar-refractivity contribution in [3.8, 4) is 34.5 Å². The van der Waals surface area contributed by atoms with E-state index in [9.17, 15) is 53.1 Å². The number of nitrogens with one attached hydrogen (secondary N) is 5. The van der Waals surface area contributed by atoms with Crippen molar-refractivity contribution in [3.05, 3.63) is 161 Å². The molecule has 3 aliphatic carbocycles. The van der Waals surface area contributed by atoms with Crippen molar-refractivity contribution in [2.24, 2.45) is 0 Å². The van der Waals surface area contributed by atoms with Gasteiger partial charge in [0.15, 0.2) is 69.4 Å². The SMILES string of the molecule is C.C.C1CCOC1.CC(C)(C)OC(=O)N(C(=O)OC(C)(C)C)c1ncncc1O.CC(C)Oc1cncnc1N.CC(C)Oc1cncnc1N(C(=O)OC(C)(C)C)C(=O)OC(C)(C)C.CC(C)Oc1cncnc1Nc1cc(Cl)c2n(c1=O)C1(CCCCC1)NC2=O.CC(C)Oc1cncnc1Nc1cc(Cl)c2n(c1=O)C1(CCCCC1)NC2=O.Cl.Nc1ncncc1O.O=C1NC2(CCCCC2)n2c1c(Cl)cc(Br)c2=O. The lowest BCUT2D eigenvalue weighted by atomic mass is 9.89. The normalized spacial score (nSPS) is 15.0. The summed E-state index contributed by atoms with van der Waals surface area (Å²) >= 11 is 22.1. The van der Waals surface area contributed by atoms with Gasteiger partial charge in [0.25, 0.3) is 34.4 Å². The van der Waals surface area contributed by atoms with Crippen LogP contribution in [-0.4, -0.2) is 186 Å². The number of nitrogen functional groups attached to an aromatic ring is 2. The Morgan fingerprint density at radius 3 is 1.00 bits per heavy atom. The summed E-state index contributed by atoms with van der Waals surface area (Å²) in [5, 5.41) is 34.2. The monoisotopic (exact) mass is 2200 g/mol. The largest absolute Gasteiger partial charge is 0.503 e. The predicted octanol–water partition coefficient (Wildman–Crippen LogP) is 18.9. The minimum Gasteiger partial charge on any atom is -0.503 e. The molecule has 0 radical (unpaired) electrons. The fourth-order valence-electron chi connectivity index (χ4n) is 15.5. The summed E-state index contributed by atoms with van der Waals surface area (Å²) in [6, 6.07) is 4.44. The molecule has 50 heteroatoms. The van der Waals surface area contributed by atoms with Gasteiger partial charge in [-0.15, -0.1) is 12.4 Å². The van der Waals surface area contributed by atoms with Crippen LogP contribution in [-0.2, 0) is 40.7 Å². The minimum atomic E-state index is -1.00. The highest BCUT2D eigenvalue weighted by molar-refractivity contribution is 9.10. The average Bonchev–Trinajstić information content (AvgIpc) is 1.58. The summed E-state index contributed by atoms with van der Waals surface area (Å²) in [6.07, 6.45) is 28.0. The molecule has 3 spiro atoms. The lowest BCUT2D eigenvalue weighted by molar-refractivity contribution is 0.0405. The van der Waals surface area contributed by atoms with Crippen LogP contribution in [0, 0.1) is 0 Å². The van der Waals surface area contributed by atoms with E-state index in [1.165, 1.54) is 96.6 Å². The van der Waals surface area contributed by atoms with Crippen LogP contribution >= 0.6 is 63.1 Å². The first kappa shape index (κ1) is 123. The second kappa shape index (κ2) is 54.1. The first-order valence-electron chi connectivity index (χ1n) is 47.1. The molecule has 0 unspecified atom stereocenters. The van der Waals surface area contributed by atoms with Gasteiger partial charge in [0, 0.05) is 13.2 Å². The zero-order valence-corrected chi connectivity index (χ0v) is 89.9. The number of nitrogens with two attached hydrogens (primary N) is 2.